The minimum atomic E-state index is 0.741. The van der Waals surface area contributed by atoms with E-state index < -0.39 is 0 Å². The Morgan fingerprint density at radius 3 is 2.95 bits per heavy atom. The summed E-state index contributed by atoms with van der Waals surface area (Å²) in [6.45, 7) is 4.29. The van der Waals surface area contributed by atoms with Crippen molar-refractivity contribution in [3.05, 3.63) is 5.69 Å². The number of fused-ring (bicyclic) bond motifs is 1. The maximum Gasteiger partial charge on any atom is 0.185 e. The average molecular weight is 279 g/mol. The van der Waals surface area contributed by atoms with Crippen molar-refractivity contribution in [1.82, 2.24) is 19.7 Å². The second-order valence-corrected chi connectivity index (χ2v) is 6.37. The van der Waals surface area contributed by atoms with Gasteiger partial charge in [0.2, 0.25) is 0 Å². The summed E-state index contributed by atoms with van der Waals surface area (Å²) in [6.07, 6.45) is 3.87. The third-order valence-corrected chi connectivity index (χ3v) is 5.08. The Hall–Kier alpha value is -1.14. The summed E-state index contributed by atoms with van der Waals surface area (Å²) in [5, 5.41) is 8.86. The zero-order valence-electron chi connectivity index (χ0n) is 11.8. The first-order valence-electron chi connectivity index (χ1n) is 6.89. The second kappa shape index (κ2) is 5.09. The van der Waals surface area contributed by atoms with Crippen LogP contribution in [-0.2, 0) is 7.05 Å². The zero-order valence-corrected chi connectivity index (χ0v) is 12.6. The summed E-state index contributed by atoms with van der Waals surface area (Å²) in [6, 6.07) is 0.741. The molecular weight excluding hydrogens is 258 g/mol. The van der Waals surface area contributed by atoms with Gasteiger partial charge in [0.1, 0.15) is 0 Å². The minimum absolute atomic E-state index is 0.741. The lowest BCUT2D eigenvalue weighted by atomic mass is 10.1. The molecule has 1 saturated heterocycles. The summed E-state index contributed by atoms with van der Waals surface area (Å²) < 4.78 is 3.06. The van der Waals surface area contributed by atoms with Gasteiger partial charge in [-0.2, -0.15) is 5.10 Å². The highest BCUT2D eigenvalue weighted by Gasteiger charge is 2.20. The number of hydrogen-bond donors (Lipinski definition) is 1. The molecule has 0 saturated carbocycles. The lowest BCUT2D eigenvalue weighted by Crippen LogP contribution is -2.26. The molecule has 1 aliphatic rings. The van der Waals surface area contributed by atoms with E-state index in [2.05, 4.69) is 27.3 Å². The van der Waals surface area contributed by atoms with Crippen LogP contribution in [0.4, 0.5) is 5.13 Å². The summed E-state index contributed by atoms with van der Waals surface area (Å²) in [5.41, 5.74) is 2.06. The topological polar surface area (TPSA) is 46.0 Å². The van der Waals surface area contributed by atoms with E-state index in [-0.39, 0.29) is 0 Å². The van der Waals surface area contributed by atoms with Crippen molar-refractivity contribution in [2.75, 3.05) is 25.5 Å². The number of anilines is 1. The molecule has 0 aromatic carbocycles. The molecule has 2 aromatic rings. The Morgan fingerprint density at radius 2 is 2.26 bits per heavy atom. The van der Waals surface area contributed by atoms with Gasteiger partial charge in [-0.1, -0.05) is 11.3 Å². The number of aryl methyl sites for hydroxylation is 2. The Kier molecular flexibility index (Phi) is 3.45. The summed E-state index contributed by atoms with van der Waals surface area (Å²) in [4.78, 5) is 7.08. The summed E-state index contributed by atoms with van der Waals surface area (Å²) in [5.74, 6) is 0. The standard InChI is InChI=1S/C13H21N5S/c1-9-11-12(18(3)16-9)15-13(19-11)14-7-6-10-5-4-8-17(10)2/h10H,4-8H2,1-3H3,(H,14,15). The van der Waals surface area contributed by atoms with Crippen LogP contribution < -0.4 is 5.32 Å². The second-order valence-electron chi connectivity index (χ2n) is 5.37. The third-order valence-electron chi connectivity index (χ3n) is 3.97. The molecule has 0 radical (unpaired) electrons. The number of nitrogens with zero attached hydrogens (tertiary/aromatic N) is 4. The molecule has 19 heavy (non-hydrogen) atoms. The van der Waals surface area contributed by atoms with E-state index >= 15 is 0 Å². The molecule has 1 unspecified atom stereocenters. The normalized spacial score (nSPS) is 20.5. The van der Waals surface area contributed by atoms with Gasteiger partial charge < -0.3 is 10.2 Å². The van der Waals surface area contributed by atoms with Crippen molar-refractivity contribution in [1.29, 1.82) is 0 Å². The molecule has 0 bridgehead atoms. The van der Waals surface area contributed by atoms with Crippen LogP contribution in [0.5, 0.6) is 0 Å². The Morgan fingerprint density at radius 1 is 1.42 bits per heavy atom. The fraction of sp³-hybridized carbons (Fsp3) is 0.692. The van der Waals surface area contributed by atoms with Gasteiger partial charge in [0, 0.05) is 19.6 Å². The maximum atomic E-state index is 4.61. The molecule has 0 spiro atoms. The Labute approximate surface area is 117 Å². The van der Waals surface area contributed by atoms with Crippen LogP contribution in [-0.4, -0.2) is 45.8 Å². The van der Waals surface area contributed by atoms with Gasteiger partial charge in [-0.05, 0) is 39.8 Å². The van der Waals surface area contributed by atoms with Crippen LogP contribution in [0.15, 0.2) is 0 Å². The van der Waals surface area contributed by atoms with Crippen molar-refractivity contribution in [3.8, 4) is 0 Å². The lowest BCUT2D eigenvalue weighted by Gasteiger charge is -2.18. The fourth-order valence-electron chi connectivity index (χ4n) is 2.85. The monoisotopic (exact) mass is 279 g/mol. The third kappa shape index (κ3) is 2.47. The van der Waals surface area contributed by atoms with Gasteiger partial charge in [-0.3, -0.25) is 0 Å². The fourth-order valence-corrected chi connectivity index (χ4v) is 3.81. The van der Waals surface area contributed by atoms with Crippen molar-refractivity contribution in [2.24, 2.45) is 7.05 Å². The smallest absolute Gasteiger partial charge is 0.185 e. The Bertz CT molecular complexity index is 538. The lowest BCUT2D eigenvalue weighted by molar-refractivity contribution is 0.301. The summed E-state index contributed by atoms with van der Waals surface area (Å²) >= 11 is 1.71. The largest absolute Gasteiger partial charge is 0.361 e. The van der Waals surface area contributed by atoms with E-state index in [4.69, 9.17) is 0 Å². The number of nitrogens with one attached hydrogen (secondary N) is 1. The van der Waals surface area contributed by atoms with Crippen molar-refractivity contribution >= 4 is 26.8 Å². The number of thiazole rings is 1. The average Bonchev–Trinajstić information content (AvgIpc) is 3.01. The predicted molar refractivity (Wildman–Crippen MR) is 79.9 cm³/mol. The van der Waals surface area contributed by atoms with Gasteiger partial charge in [0.05, 0.1) is 10.4 Å². The number of likely N-dealkylation sites (tertiary alicyclic amines) is 1. The van der Waals surface area contributed by atoms with Crippen LogP contribution >= 0.6 is 11.3 Å². The van der Waals surface area contributed by atoms with Crippen molar-refractivity contribution in [2.45, 2.75) is 32.2 Å². The van der Waals surface area contributed by atoms with Gasteiger partial charge in [-0.25, -0.2) is 9.67 Å². The van der Waals surface area contributed by atoms with E-state index in [0.717, 1.165) is 29.1 Å². The van der Waals surface area contributed by atoms with Crippen LogP contribution in [0.1, 0.15) is 25.0 Å². The summed E-state index contributed by atoms with van der Waals surface area (Å²) in [7, 11) is 4.18. The zero-order chi connectivity index (χ0) is 13.4. The number of rotatable bonds is 4. The van der Waals surface area contributed by atoms with Crippen LogP contribution in [0.3, 0.4) is 0 Å². The molecule has 5 nitrogen and oxygen atoms in total. The molecule has 0 amide bonds. The SMILES string of the molecule is Cc1nn(C)c2nc(NCCC3CCCN3C)sc12. The van der Waals surface area contributed by atoms with E-state index in [1.807, 2.05) is 18.7 Å². The van der Waals surface area contributed by atoms with E-state index in [9.17, 15) is 0 Å². The number of aromatic nitrogens is 3. The van der Waals surface area contributed by atoms with E-state index in [1.54, 1.807) is 11.3 Å². The van der Waals surface area contributed by atoms with E-state index in [0.29, 0.717) is 0 Å². The molecule has 1 atom stereocenters. The van der Waals surface area contributed by atoms with Crippen molar-refractivity contribution in [3.63, 3.8) is 0 Å². The Balaban J connectivity index is 1.61. The molecule has 3 heterocycles. The highest BCUT2D eigenvalue weighted by molar-refractivity contribution is 7.22. The van der Waals surface area contributed by atoms with Gasteiger partial charge >= 0.3 is 0 Å². The van der Waals surface area contributed by atoms with Gasteiger partial charge in [0.25, 0.3) is 0 Å². The molecule has 104 valence electrons. The molecular formula is C13H21N5S. The van der Waals surface area contributed by atoms with Crippen LogP contribution in [0, 0.1) is 6.92 Å². The highest BCUT2D eigenvalue weighted by atomic mass is 32.1. The van der Waals surface area contributed by atoms with E-state index in [1.165, 1.54) is 30.5 Å². The van der Waals surface area contributed by atoms with Crippen LogP contribution in [0.25, 0.3) is 10.3 Å². The quantitative estimate of drug-likeness (QED) is 0.932. The predicted octanol–water partition coefficient (Wildman–Crippen LogP) is 2.23. The molecule has 3 rings (SSSR count). The molecule has 1 aliphatic heterocycles. The molecule has 1 fully saturated rings. The van der Waals surface area contributed by atoms with Crippen molar-refractivity contribution < 1.29 is 0 Å². The maximum absolute atomic E-state index is 4.61. The first-order valence-corrected chi connectivity index (χ1v) is 7.71. The first-order chi connectivity index (χ1) is 9.15. The molecule has 6 heteroatoms. The minimum Gasteiger partial charge on any atom is -0.361 e. The van der Waals surface area contributed by atoms with Gasteiger partial charge in [-0.15, -0.1) is 0 Å². The molecule has 1 N–H and O–H groups in total. The number of hydrogen-bond acceptors (Lipinski definition) is 5. The van der Waals surface area contributed by atoms with Crippen LogP contribution in [0.2, 0.25) is 0 Å². The first kappa shape index (κ1) is 12.9. The molecule has 2 aromatic heterocycles. The highest BCUT2D eigenvalue weighted by Crippen LogP contribution is 2.28. The van der Waals surface area contributed by atoms with Gasteiger partial charge in [0.15, 0.2) is 10.8 Å². The molecule has 0 aliphatic carbocycles.